The molecule has 1 aromatic carbocycles. The van der Waals surface area contributed by atoms with Crippen LogP contribution in [0.2, 0.25) is 0 Å². The van der Waals surface area contributed by atoms with Crippen molar-refractivity contribution in [2.24, 2.45) is 5.41 Å². The molecule has 1 spiro atoms. The standard InChI is InChI=1S/C29H41N7O2/c1-38-27(37)19-23-3-5-24(6-4-23)21-34-25(28-32-12-13-33-28)20-26-31-14-18-36(26)16-2-15-35-17-9-29(22-35)7-10-30-11-8-29/h3-6,12-14,18,25,30,34H,2,7-11,15-17,19-22H2,1H3,(H,32,33). The highest BCUT2D eigenvalue weighted by Crippen LogP contribution is 2.38. The molecule has 2 saturated heterocycles. The molecule has 0 aliphatic carbocycles. The zero-order valence-corrected chi connectivity index (χ0v) is 22.5. The summed E-state index contributed by atoms with van der Waals surface area (Å²) in [4.78, 5) is 26.7. The predicted octanol–water partition coefficient (Wildman–Crippen LogP) is 2.86. The normalized spacial score (nSPS) is 18.1. The van der Waals surface area contributed by atoms with E-state index in [9.17, 15) is 4.79 Å². The SMILES string of the molecule is COC(=O)Cc1ccc(CNC(Cc2nccn2CCCN2CCC3(CCNCC3)C2)c2ncc[nH]2)cc1. The first-order valence-electron chi connectivity index (χ1n) is 13.9. The van der Waals surface area contributed by atoms with Gasteiger partial charge in [0.2, 0.25) is 0 Å². The second-order valence-corrected chi connectivity index (χ2v) is 10.8. The van der Waals surface area contributed by atoms with E-state index in [1.165, 1.54) is 52.6 Å². The molecule has 2 aliphatic heterocycles. The van der Waals surface area contributed by atoms with Crippen LogP contribution in [0.3, 0.4) is 0 Å². The highest BCUT2D eigenvalue weighted by atomic mass is 16.5. The number of likely N-dealkylation sites (tertiary alicyclic amines) is 1. The number of aromatic nitrogens is 4. The van der Waals surface area contributed by atoms with Crippen LogP contribution in [-0.4, -0.2) is 70.2 Å². The van der Waals surface area contributed by atoms with Crippen molar-refractivity contribution in [3.63, 3.8) is 0 Å². The Morgan fingerprint density at radius 3 is 2.68 bits per heavy atom. The van der Waals surface area contributed by atoms with E-state index in [-0.39, 0.29) is 18.4 Å². The number of benzene rings is 1. The zero-order valence-electron chi connectivity index (χ0n) is 22.5. The van der Waals surface area contributed by atoms with Crippen molar-refractivity contribution in [2.75, 3.05) is 39.8 Å². The van der Waals surface area contributed by atoms with E-state index in [4.69, 9.17) is 9.72 Å². The first-order chi connectivity index (χ1) is 18.6. The molecule has 9 heteroatoms. The minimum absolute atomic E-state index is 0.0132. The molecule has 0 saturated carbocycles. The van der Waals surface area contributed by atoms with Crippen LogP contribution in [0.15, 0.2) is 49.1 Å². The van der Waals surface area contributed by atoms with Gasteiger partial charge in [-0.3, -0.25) is 4.79 Å². The zero-order chi connectivity index (χ0) is 26.2. The number of aryl methyl sites for hydroxylation is 1. The van der Waals surface area contributed by atoms with Gasteiger partial charge in [-0.2, -0.15) is 0 Å². The van der Waals surface area contributed by atoms with Gasteiger partial charge in [-0.05, 0) is 68.4 Å². The Hall–Kier alpha value is -3.01. The number of aromatic amines is 1. The van der Waals surface area contributed by atoms with Crippen molar-refractivity contribution >= 4 is 5.97 Å². The number of ether oxygens (including phenoxy) is 1. The summed E-state index contributed by atoms with van der Waals surface area (Å²) in [5.74, 6) is 1.75. The lowest BCUT2D eigenvalue weighted by molar-refractivity contribution is -0.139. The molecule has 0 bridgehead atoms. The van der Waals surface area contributed by atoms with Crippen molar-refractivity contribution in [2.45, 2.75) is 57.7 Å². The highest BCUT2D eigenvalue weighted by molar-refractivity contribution is 5.72. The van der Waals surface area contributed by atoms with Gasteiger partial charge in [-0.25, -0.2) is 9.97 Å². The molecule has 2 fully saturated rings. The molecular formula is C29H41N7O2. The average molecular weight is 520 g/mol. The number of nitrogens with one attached hydrogen (secondary N) is 3. The summed E-state index contributed by atoms with van der Waals surface area (Å²) in [6.45, 7) is 7.68. The van der Waals surface area contributed by atoms with E-state index in [1.807, 2.05) is 24.5 Å². The molecule has 0 amide bonds. The molecule has 3 aromatic rings. The summed E-state index contributed by atoms with van der Waals surface area (Å²) < 4.78 is 7.07. The third kappa shape index (κ3) is 6.89. The number of esters is 1. The lowest BCUT2D eigenvalue weighted by atomic mass is 9.78. The summed E-state index contributed by atoms with van der Waals surface area (Å²) in [6, 6.07) is 8.08. The predicted molar refractivity (Wildman–Crippen MR) is 146 cm³/mol. The van der Waals surface area contributed by atoms with Gasteiger partial charge in [0, 0.05) is 50.8 Å². The van der Waals surface area contributed by atoms with Crippen molar-refractivity contribution in [3.8, 4) is 0 Å². The maximum absolute atomic E-state index is 11.5. The lowest BCUT2D eigenvalue weighted by Crippen LogP contribution is -2.38. The fraction of sp³-hybridized carbons (Fsp3) is 0.552. The minimum atomic E-state index is -0.227. The maximum atomic E-state index is 11.5. The van der Waals surface area contributed by atoms with Gasteiger partial charge in [-0.15, -0.1) is 0 Å². The topological polar surface area (TPSA) is 100 Å². The Kier molecular flexibility index (Phi) is 8.88. The van der Waals surface area contributed by atoms with E-state index in [1.54, 1.807) is 6.20 Å². The molecule has 0 radical (unpaired) electrons. The Balaban J connectivity index is 1.14. The monoisotopic (exact) mass is 519 g/mol. The number of hydrogen-bond acceptors (Lipinski definition) is 7. The number of rotatable bonds is 12. The number of piperidine rings is 1. The van der Waals surface area contributed by atoms with Crippen LogP contribution in [0.1, 0.15) is 54.5 Å². The van der Waals surface area contributed by atoms with Crippen molar-refractivity contribution in [1.29, 1.82) is 0 Å². The lowest BCUT2D eigenvalue weighted by Gasteiger charge is -2.34. The molecule has 9 nitrogen and oxygen atoms in total. The molecule has 204 valence electrons. The molecule has 4 heterocycles. The van der Waals surface area contributed by atoms with Crippen LogP contribution < -0.4 is 10.6 Å². The highest BCUT2D eigenvalue weighted by Gasteiger charge is 2.38. The van der Waals surface area contributed by atoms with E-state index in [2.05, 4.69) is 48.4 Å². The van der Waals surface area contributed by atoms with Crippen LogP contribution in [0.5, 0.6) is 0 Å². The third-order valence-electron chi connectivity index (χ3n) is 8.24. The van der Waals surface area contributed by atoms with E-state index >= 15 is 0 Å². The smallest absolute Gasteiger partial charge is 0.309 e. The molecular weight excluding hydrogens is 478 g/mol. The van der Waals surface area contributed by atoms with Crippen molar-refractivity contribution in [1.82, 2.24) is 35.1 Å². The van der Waals surface area contributed by atoms with Gasteiger partial charge < -0.3 is 29.8 Å². The minimum Gasteiger partial charge on any atom is -0.469 e. The molecule has 5 rings (SSSR count). The molecule has 38 heavy (non-hydrogen) atoms. The number of nitrogens with zero attached hydrogens (tertiary/aromatic N) is 4. The molecule has 1 unspecified atom stereocenters. The molecule has 3 N–H and O–H groups in total. The van der Waals surface area contributed by atoms with Gasteiger partial charge in [0.15, 0.2) is 0 Å². The summed E-state index contributed by atoms with van der Waals surface area (Å²) in [5.41, 5.74) is 2.66. The summed E-state index contributed by atoms with van der Waals surface area (Å²) in [7, 11) is 1.41. The maximum Gasteiger partial charge on any atom is 0.309 e. The molecule has 1 atom stereocenters. The van der Waals surface area contributed by atoms with Crippen LogP contribution in [0, 0.1) is 5.41 Å². The number of carbonyl (C=O) groups excluding carboxylic acids is 1. The number of imidazole rings is 2. The first-order valence-corrected chi connectivity index (χ1v) is 13.9. The first kappa shape index (κ1) is 26.6. The molecule has 2 aliphatic rings. The van der Waals surface area contributed by atoms with Crippen molar-refractivity contribution in [3.05, 3.63) is 71.8 Å². The summed E-state index contributed by atoms with van der Waals surface area (Å²) >= 11 is 0. The van der Waals surface area contributed by atoms with Crippen LogP contribution in [0.25, 0.3) is 0 Å². The number of H-pyrrole nitrogens is 1. The molecule has 2 aromatic heterocycles. The second kappa shape index (κ2) is 12.7. The van der Waals surface area contributed by atoms with Gasteiger partial charge in [0.1, 0.15) is 11.6 Å². The van der Waals surface area contributed by atoms with Gasteiger partial charge >= 0.3 is 5.97 Å². The number of carbonyl (C=O) groups is 1. The fourth-order valence-corrected chi connectivity index (χ4v) is 5.95. The summed E-state index contributed by atoms with van der Waals surface area (Å²) in [5, 5.41) is 7.17. The van der Waals surface area contributed by atoms with Gasteiger partial charge in [0.25, 0.3) is 0 Å². The quantitative estimate of drug-likeness (QED) is 0.317. The van der Waals surface area contributed by atoms with E-state index in [0.717, 1.165) is 48.7 Å². The van der Waals surface area contributed by atoms with Gasteiger partial charge in [-0.1, -0.05) is 24.3 Å². The van der Waals surface area contributed by atoms with Crippen LogP contribution in [0.4, 0.5) is 0 Å². The Morgan fingerprint density at radius 1 is 1.11 bits per heavy atom. The van der Waals surface area contributed by atoms with Crippen LogP contribution >= 0.6 is 0 Å². The number of hydrogen-bond donors (Lipinski definition) is 3. The fourth-order valence-electron chi connectivity index (χ4n) is 5.95. The van der Waals surface area contributed by atoms with E-state index < -0.39 is 0 Å². The largest absolute Gasteiger partial charge is 0.469 e. The van der Waals surface area contributed by atoms with E-state index in [0.29, 0.717) is 12.0 Å². The Bertz CT molecular complexity index is 1140. The third-order valence-corrected chi connectivity index (χ3v) is 8.24. The van der Waals surface area contributed by atoms with Crippen molar-refractivity contribution < 1.29 is 9.53 Å². The van der Waals surface area contributed by atoms with Crippen LogP contribution in [-0.2, 0) is 35.5 Å². The second-order valence-electron chi connectivity index (χ2n) is 10.8. The number of methoxy groups -OCH3 is 1. The van der Waals surface area contributed by atoms with Gasteiger partial charge in [0.05, 0.1) is 19.6 Å². The summed E-state index contributed by atoms with van der Waals surface area (Å²) in [6.07, 6.45) is 13.9. The average Bonchev–Trinajstić information content (AvgIpc) is 3.71. The Labute approximate surface area is 225 Å². The Morgan fingerprint density at radius 2 is 1.92 bits per heavy atom.